The molecule has 0 unspecified atom stereocenters. The Labute approximate surface area is 173 Å². The van der Waals surface area contributed by atoms with Crippen LogP contribution in [0.3, 0.4) is 0 Å². The van der Waals surface area contributed by atoms with Gasteiger partial charge in [0.25, 0.3) is 0 Å². The molecule has 0 radical (unpaired) electrons. The SMILES string of the molecule is CCc1c(C)c(C(=O)OCOC)c(OCOC)c(Br)c1OCc1ccccc1. The molecular formula is C21H25BrO6. The molecule has 0 spiro atoms. The summed E-state index contributed by atoms with van der Waals surface area (Å²) in [6.45, 7) is 4.08. The highest BCUT2D eigenvalue weighted by molar-refractivity contribution is 9.10. The Balaban J connectivity index is 2.49. The summed E-state index contributed by atoms with van der Waals surface area (Å²) in [7, 11) is 2.97. The third-order valence-electron chi connectivity index (χ3n) is 4.14. The lowest BCUT2D eigenvalue weighted by Gasteiger charge is -2.21. The molecule has 2 rings (SSSR count). The second-order valence-corrected chi connectivity index (χ2v) is 6.76. The topological polar surface area (TPSA) is 63.2 Å². The van der Waals surface area contributed by atoms with Crippen LogP contribution in [-0.2, 0) is 27.2 Å². The van der Waals surface area contributed by atoms with Crippen LogP contribution in [0.1, 0.15) is 34.0 Å². The molecule has 2 aromatic carbocycles. The molecule has 6 nitrogen and oxygen atoms in total. The molecule has 0 bridgehead atoms. The Kier molecular flexibility index (Phi) is 8.76. The second kappa shape index (κ2) is 11.0. The number of ether oxygens (including phenoxy) is 5. The second-order valence-electron chi connectivity index (χ2n) is 5.97. The molecule has 0 aromatic heterocycles. The van der Waals surface area contributed by atoms with Gasteiger partial charge in [0.2, 0.25) is 0 Å². The quantitative estimate of drug-likeness (QED) is 0.386. The van der Waals surface area contributed by atoms with Gasteiger partial charge in [-0.1, -0.05) is 37.3 Å². The molecule has 0 aliphatic carbocycles. The largest absolute Gasteiger partial charge is 0.487 e. The van der Waals surface area contributed by atoms with Gasteiger partial charge in [0.15, 0.2) is 19.3 Å². The van der Waals surface area contributed by atoms with Crippen molar-refractivity contribution >= 4 is 21.9 Å². The van der Waals surface area contributed by atoms with E-state index in [0.717, 1.165) is 16.7 Å². The predicted octanol–water partition coefficient (Wildman–Crippen LogP) is 4.64. The van der Waals surface area contributed by atoms with E-state index in [-0.39, 0.29) is 13.6 Å². The van der Waals surface area contributed by atoms with Crippen LogP contribution in [0.5, 0.6) is 11.5 Å². The normalized spacial score (nSPS) is 10.6. The van der Waals surface area contributed by atoms with Gasteiger partial charge in [-0.05, 0) is 46.0 Å². The Morgan fingerprint density at radius 2 is 1.68 bits per heavy atom. The summed E-state index contributed by atoms with van der Waals surface area (Å²) in [5.41, 5.74) is 3.00. The monoisotopic (exact) mass is 452 g/mol. The van der Waals surface area contributed by atoms with Crippen LogP contribution < -0.4 is 9.47 Å². The number of carbonyl (C=O) groups excluding carboxylic acids is 1. The first-order valence-electron chi connectivity index (χ1n) is 8.84. The van der Waals surface area contributed by atoms with E-state index in [2.05, 4.69) is 15.9 Å². The third kappa shape index (κ3) is 5.25. The Hall–Kier alpha value is -2.09. The molecule has 0 fully saturated rings. The van der Waals surface area contributed by atoms with E-state index in [9.17, 15) is 4.79 Å². The number of hydrogen-bond donors (Lipinski definition) is 0. The Morgan fingerprint density at radius 1 is 1.00 bits per heavy atom. The standard InChI is InChI=1S/C21H25BrO6/c1-5-16-14(2)17(21(23)28-13-25-4)20(27-12-24-3)18(22)19(16)26-11-15-9-7-6-8-10-15/h6-10H,5,11-13H2,1-4H3. The summed E-state index contributed by atoms with van der Waals surface area (Å²) in [5.74, 6) is 0.425. The summed E-state index contributed by atoms with van der Waals surface area (Å²) < 4.78 is 27.4. The van der Waals surface area contributed by atoms with Gasteiger partial charge in [0.1, 0.15) is 22.4 Å². The number of esters is 1. The van der Waals surface area contributed by atoms with Crippen LogP contribution in [0.25, 0.3) is 0 Å². The molecule has 7 heteroatoms. The van der Waals surface area contributed by atoms with Crippen LogP contribution in [0.4, 0.5) is 0 Å². The van der Waals surface area contributed by atoms with E-state index < -0.39 is 5.97 Å². The molecule has 28 heavy (non-hydrogen) atoms. The lowest BCUT2D eigenvalue weighted by atomic mass is 9.98. The van der Waals surface area contributed by atoms with Gasteiger partial charge in [0.05, 0.1) is 0 Å². The van der Waals surface area contributed by atoms with Crippen molar-refractivity contribution in [2.45, 2.75) is 26.9 Å². The molecule has 0 saturated carbocycles. The number of hydrogen-bond acceptors (Lipinski definition) is 6. The maximum absolute atomic E-state index is 12.6. The van der Waals surface area contributed by atoms with Crippen LogP contribution in [0, 0.1) is 6.92 Å². The molecule has 0 amide bonds. The van der Waals surface area contributed by atoms with Gasteiger partial charge in [-0.3, -0.25) is 0 Å². The molecular weight excluding hydrogens is 428 g/mol. The maximum Gasteiger partial charge on any atom is 0.344 e. The maximum atomic E-state index is 12.6. The fourth-order valence-corrected chi connectivity index (χ4v) is 3.49. The highest BCUT2D eigenvalue weighted by Crippen LogP contribution is 2.44. The molecule has 152 valence electrons. The molecule has 2 aromatic rings. The van der Waals surface area contributed by atoms with Crippen LogP contribution >= 0.6 is 15.9 Å². The van der Waals surface area contributed by atoms with Gasteiger partial charge < -0.3 is 23.7 Å². The zero-order valence-corrected chi connectivity index (χ0v) is 18.1. The van der Waals surface area contributed by atoms with Gasteiger partial charge in [0, 0.05) is 14.2 Å². The highest BCUT2D eigenvalue weighted by Gasteiger charge is 2.27. The first kappa shape index (κ1) is 22.2. The summed E-state index contributed by atoms with van der Waals surface area (Å²) in [6.07, 6.45) is 0.670. The van der Waals surface area contributed by atoms with E-state index >= 15 is 0 Å². The van der Waals surface area contributed by atoms with Crippen molar-refractivity contribution in [3.8, 4) is 11.5 Å². The number of rotatable bonds is 10. The minimum Gasteiger partial charge on any atom is -0.487 e. The zero-order valence-electron chi connectivity index (χ0n) is 16.5. The van der Waals surface area contributed by atoms with Gasteiger partial charge in [-0.15, -0.1) is 0 Å². The van der Waals surface area contributed by atoms with Crippen LogP contribution in [0.15, 0.2) is 34.8 Å². The van der Waals surface area contributed by atoms with E-state index in [4.69, 9.17) is 23.7 Å². The van der Waals surface area contributed by atoms with Crippen molar-refractivity contribution in [1.29, 1.82) is 0 Å². The molecule has 0 saturated heterocycles. The van der Waals surface area contributed by atoms with Crippen LogP contribution in [0.2, 0.25) is 0 Å². The highest BCUT2D eigenvalue weighted by atomic mass is 79.9. The zero-order chi connectivity index (χ0) is 20.5. The van der Waals surface area contributed by atoms with Crippen LogP contribution in [-0.4, -0.2) is 33.8 Å². The predicted molar refractivity (Wildman–Crippen MR) is 109 cm³/mol. The molecule has 0 aliphatic rings. The van der Waals surface area contributed by atoms with Crippen molar-refractivity contribution in [1.82, 2.24) is 0 Å². The average molecular weight is 453 g/mol. The number of methoxy groups -OCH3 is 2. The smallest absolute Gasteiger partial charge is 0.344 e. The molecule has 0 N–H and O–H groups in total. The lowest BCUT2D eigenvalue weighted by Crippen LogP contribution is -2.15. The number of halogens is 1. The van der Waals surface area contributed by atoms with Crippen molar-refractivity contribution in [3.63, 3.8) is 0 Å². The Bertz CT molecular complexity index is 791. The van der Waals surface area contributed by atoms with Gasteiger partial charge in [-0.2, -0.15) is 0 Å². The van der Waals surface area contributed by atoms with Gasteiger partial charge in [-0.25, -0.2) is 4.79 Å². The minimum atomic E-state index is -0.532. The molecule has 0 heterocycles. The lowest BCUT2D eigenvalue weighted by molar-refractivity contribution is -0.0133. The van der Waals surface area contributed by atoms with Crippen molar-refractivity contribution in [2.75, 3.05) is 27.8 Å². The first-order valence-corrected chi connectivity index (χ1v) is 9.63. The third-order valence-corrected chi connectivity index (χ3v) is 4.86. The Morgan fingerprint density at radius 3 is 2.29 bits per heavy atom. The summed E-state index contributed by atoms with van der Waals surface area (Å²) >= 11 is 3.55. The van der Waals surface area contributed by atoms with E-state index in [1.807, 2.05) is 44.2 Å². The summed E-state index contributed by atoms with van der Waals surface area (Å²) in [4.78, 5) is 12.6. The summed E-state index contributed by atoms with van der Waals surface area (Å²) in [5, 5.41) is 0. The van der Waals surface area contributed by atoms with E-state index in [1.54, 1.807) is 0 Å². The summed E-state index contributed by atoms with van der Waals surface area (Å²) in [6, 6.07) is 9.86. The van der Waals surface area contributed by atoms with E-state index in [0.29, 0.717) is 34.6 Å². The van der Waals surface area contributed by atoms with Crippen molar-refractivity contribution in [2.24, 2.45) is 0 Å². The molecule has 0 atom stereocenters. The number of carbonyl (C=O) groups is 1. The van der Waals surface area contributed by atoms with Crippen molar-refractivity contribution in [3.05, 3.63) is 57.1 Å². The fraction of sp³-hybridized carbons (Fsp3) is 0.381. The number of benzene rings is 2. The molecule has 0 aliphatic heterocycles. The van der Waals surface area contributed by atoms with Crippen molar-refractivity contribution < 1.29 is 28.5 Å². The minimum absolute atomic E-state index is 0.0216. The average Bonchev–Trinajstić information content (AvgIpc) is 2.71. The van der Waals surface area contributed by atoms with E-state index in [1.165, 1.54) is 14.2 Å². The fourth-order valence-electron chi connectivity index (χ4n) is 2.83. The van der Waals surface area contributed by atoms with Gasteiger partial charge >= 0.3 is 5.97 Å². The first-order chi connectivity index (χ1) is 13.5.